The third-order valence-corrected chi connectivity index (χ3v) is 5.81. The third kappa shape index (κ3) is 2.93. The fourth-order valence-electron chi connectivity index (χ4n) is 4.15. The second kappa shape index (κ2) is 6.20. The van der Waals surface area contributed by atoms with Crippen molar-refractivity contribution in [2.24, 2.45) is 11.3 Å². The van der Waals surface area contributed by atoms with Crippen molar-refractivity contribution in [1.29, 1.82) is 0 Å². The van der Waals surface area contributed by atoms with E-state index in [4.69, 9.17) is 0 Å². The molecule has 0 unspecified atom stereocenters. The van der Waals surface area contributed by atoms with Gasteiger partial charge in [-0.05, 0) is 62.4 Å². The van der Waals surface area contributed by atoms with Crippen LogP contribution in [-0.4, -0.2) is 30.9 Å². The molecule has 4 rings (SSSR count). The van der Waals surface area contributed by atoms with E-state index < -0.39 is 0 Å². The summed E-state index contributed by atoms with van der Waals surface area (Å²) in [5.74, 6) is 0.559. The van der Waals surface area contributed by atoms with Gasteiger partial charge in [-0.15, -0.1) is 0 Å². The molecule has 5 heteroatoms. The lowest BCUT2D eigenvalue weighted by atomic mass is 9.67. The predicted molar refractivity (Wildman–Crippen MR) is 92.8 cm³/mol. The van der Waals surface area contributed by atoms with E-state index in [9.17, 15) is 9.59 Å². The summed E-state index contributed by atoms with van der Waals surface area (Å²) in [7, 11) is 0. The number of rotatable bonds is 4. The number of hydrogen-bond donors (Lipinski definition) is 3. The van der Waals surface area contributed by atoms with Crippen LogP contribution < -0.4 is 16.0 Å². The Hall–Kier alpha value is -1.88. The number of carbonyl (C=O) groups is 2. The Balaban J connectivity index is 1.42. The maximum absolute atomic E-state index is 12.9. The van der Waals surface area contributed by atoms with Gasteiger partial charge >= 0.3 is 0 Å². The zero-order chi connectivity index (χ0) is 16.6. The maximum atomic E-state index is 12.9. The molecule has 5 nitrogen and oxygen atoms in total. The van der Waals surface area contributed by atoms with Crippen molar-refractivity contribution in [2.75, 3.05) is 18.4 Å². The highest BCUT2D eigenvalue weighted by Crippen LogP contribution is 2.44. The van der Waals surface area contributed by atoms with Gasteiger partial charge in [0.15, 0.2) is 0 Å². The number of fused-ring (bicyclic) bond motifs is 1. The molecule has 3 aliphatic rings. The first kappa shape index (κ1) is 15.6. The third-order valence-electron chi connectivity index (χ3n) is 5.81. The lowest BCUT2D eigenvalue weighted by Crippen LogP contribution is -2.44. The Morgan fingerprint density at radius 3 is 2.62 bits per heavy atom. The number of anilines is 1. The van der Waals surface area contributed by atoms with Crippen molar-refractivity contribution in [3.63, 3.8) is 0 Å². The lowest BCUT2D eigenvalue weighted by Gasteiger charge is -2.37. The summed E-state index contributed by atoms with van der Waals surface area (Å²) in [4.78, 5) is 24.9. The van der Waals surface area contributed by atoms with Crippen LogP contribution in [0.3, 0.4) is 0 Å². The summed E-state index contributed by atoms with van der Waals surface area (Å²) >= 11 is 0. The van der Waals surface area contributed by atoms with Gasteiger partial charge in [0.2, 0.25) is 5.91 Å². The SMILES string of the molecule is O=C(NC1CC1)c1ccc(NC(=O)[C@@]23CCCC[C@H]2CNC3)cc1. The van der Waals surface area contributed by atoms with Crippen LogP contribution in [0.4, 0.5) is 5.69 Å². The number of hydrogen-bond acceptors (Lipinski definition) is 3. The molecule has 3 fully saturated rings. The first-order chi connectivity index (χ1) is 11.7. The molecule has 2 amide bonds. The van der Waals surface area contributed by atoms with Crippen LogP contribution in [0.1, 0.15) is 48.9 Å². The van der Waals surface area contributed by atoms with Crippen molar-refractivity contribution in [3.8, 4) is 0 Å². The van der Waals surface area contributed by atoms with Crippen molar-refractivity contribution in [3.05, 3.63) is 29.8 Å². The van der Waals surface area contributed by atoms with Gasteiger partial charge in [0.1, 0.15) is 0 Å². The minimum absolute atomic E-state index is 0.0266. The summed E-state index contributed by atoms with van der Waals surface area (Å²) in [6, 6.07) is 7.59. The van der Waals surface area contributed by atoms with E-state index in [0.717, 1.165) is 50.9 Å². The van der Waals surface area contributed by atoms with E-state index in [-0.39, 0.29) is 17.2 Å². The molecule has 0 bridgehead atoms. The molecule has 24 heavy (non-hydrogen) atoms. The zero-order valence-corrected chi connectivity index (χ0v) is 13.9. The monoisotopic (exact) mass is 327 g/mol. The molecular formula is C19H25N3O2. The van der Waals surface area contributed by atoms with Crippen LogP contribution in [0.5, 0.6) is 0 Å². The first-order valence-corrected chi connectivity index (χ1v) is 9.10. The van der Waals surface area contributed by atoms with Gasteiger partial charge in [-0.2, -0.15) is 0 Å². The molecule has 2 saturated carbocycles. The molecule has 1 heterocycles. The van der Waals surface area contributed by atoms with Crippen LogP contribution in [0.15, 0.2) is 24.3 Å². The molecule has 2 atom stereocenters. The molecule has 128 valence electrons. The van der Waals surface area contributed by atoms with E-state index in [2.05, 4.69) is 16.0 Å². The minimum atomic E-state index is -0.250. The molecule has 2 aliphatic carbocycles. The van der Waals surface area contributed by atoms with Crippen LogP contribution in [0.25, 0.3) is 0 Å². The largest absolute Gasteiger partial charge is 0.349 e. The second-order valence-electron chi connectivity index (χ2n) is 7.51. The Morgan fingerprint density at radius 1 is 1.08 bits per heavy atom. The molecule has 1 aliphatic heterocycles. The summed E-state index contributed by atoms with van der Waals surface area (Å²) in [6.45, 7) is 1.74. The standard InChI is InChI=1S/C19H25N3O2/c23-17(21-15-8-9-15)13-4-6-16(7-5-13)22-18(24)19-10-2-1-3-14(19)11-20-12-19/h4-7,14-15,20H,1-3,8-12H2,(H,21,23)(H,22,24)/t14-,19+/m0/s1. The average molecular weight is 327 g/mol. The molecule has 0 radical (unpaired) electrons. The molecule has 1 aromatic rings. The zero-order valence-electron chi connectivity index (χ0n) is 13.9. The van der Waals surface area contributed by atoms with Crippen molar-refractivity contribution < 1.29 is 9.59 Å². The quantitative estimate of drug-likeness (QED) is 0.795. The molecule has 1 aromatic carbocycles. The highest BCUT2D eigenvalue weighted by atomic mass is 16.2. The van der Waals surface area contributed by atoms with E-state index in [1.165, 1.54) is 6.42 Å². The van der Waals surface area contributed by atoms with Crippen LogP contribution in [0.2, 0.25) is 0 Å². The number of nitrogens with one attached hydrogen (secondary N) is 3. The van der Waals surface area contributed by atoms with E-state index in [1.807, 2.05) is 12.1 Å². The predicted octanol–water partition coefficient (Wildman–Crippen LogP) is 2.30. The smallest absolute Gasteiger partial charge is 0.251 e. The van der Waals surface area contributed by atoms with Crippen molar-refractivity contribution >= 4 is 17.5 Å². The maximum Gasteiger partial charge on any atom is 0.251 e. The van der Waals surface area contributed by atoms with E-state index in [1.54, 1.807) is 12.1 Å². The molecular weight excluding hydrogens is 302 g/mol. The molecule has 3 N–H and O–H groups in total. The number of amides is 2. The summed E-state index contributed by atoms with van der Waals surface area (Å²) in [5.41, 5.74) is 1.17. The van der Waals surface area contributed by atoms with E-state index >= 15 is 0 Å². The van der Waals surface area contributed by atoms with Gasteiger partial charge in [-0.25, -0.2) is 0 Å². The van der Waals surface area contributed by atoms with E-state index in [0.29, 0.717) is 17.5 Å². The summed E-state index contributed by atoms with van der Waals surface area (Å²) < 4.78 is 0. The van der Waals surface area contributed by atoms with Crippen LogP contribution >= 0.6 is 0 Å². The summed E-state index contributed by atoms with van der Waals surface area (Å²) in [5, 5.41) is 9.47. The van der Waals surface area contributed by atoms with Crippen LogP contribution in [0, 0.1) is 11.3 Å². The van der Waals surface area contributed by atoms with Gasteiger partial charge in [0.25, 0.3) is 5.91 Å². The van der Waals surface area contributed by atoms with Gasteiger partial charge in [0.05, 0.1) is 5.41 Å². The molecule has 0 aromatic heterocycles. The Bertz CT molecular complexity index is 639. The normalized spacial score (nSPS) is 28.9. The highest BCUT2D eigenvalue weighted by Gasteiger charge is 2.49. The van der Waals surface area contributed by atoms with Gasteiger partial charge in [0, 0.05) is 23.8 Å². The van der Waals surface area contributed by atoms with Gasteiger partial charge in [-0.3, -0.25) is 9.59 Å². The topological polar surface area (TPSA) is 70.2 Å². The first-order valence-electron chi connectivity index (χ1n) is 9.10. The number of carbonyl (C=O) groups excluding carboxylic acids is 2. The molecule has 1 saturated heterocycles. The minimum Gasteiger partial charge on any atom is -0.349 e. The van der Waals surface area contributed by atoms with Gasteiger partial charge in [-0.1, -0.05) is 12.8 Å². The lowest BCUT2D eigenvalue weighted by molar-refractivity contribution is -0.128. The molecule has 0 spiro atoms. The highest BCUT2D eigenvalue weighted by molar-refractivity contribution is 5.98. The average Bonchev–Trinajstić information content (AvgIpc) is 3.30. The van der Waals surface area contributed by atoms with Crippen molar-refractivity contribution in [2.45, 2.75) is 44.6 Å². The fourth-order valence-corrected chi connectivity index (χ4v) is 4.15. The Morgan fingerprint density at radius 2 is 1.88 bits per heavy atom. The van der Waals surface area contributed by atoms with Gasteiger partial charge < -0.3 is 16.0 Å². The fraction of sp³-hybridized carbons (Fsp3) is 0.579. The number of benzene rings is 1. The summed E-state index contributed by atoms with van der Waals surface area (Å²) in [6.07, 6.45) is 6.63. The Kier molecular flexibility index (Phi) is 4.04. The van der Waals surface area contributed by atoms with Crippen molar-refractivity contribution in [1.82, 2.24) is 10.6 Å². The second-order valence-corrected chi connectivity index (χ2v) is 7.51. The Labute approximate surface area is 142 Å². The van der Waals surface area contributed by atoms with Crippen LogP contribution in [-0.2, 0) is 4.79 Å².